The highest BCUT2D eigenvalue weighted by atomic mass is 19.3. The Hall–Kier alpha value is -3.29. The molecular weight excluding hydrogens is 343 g/mol. The number of anilines is 1. The molecule has 0 fully saturated rings. The van der Waals surface area contributed by atoms with Gasteiger partial charge in [0, 0.05) is 11.8 Å². The molecule has 0 unspecified atom stereocenters. The first-order valence-electron chi connectivity index (χ1n) is 7.65. The van der Waals surface area contributed by atoms with Crippen LogP contribution in [-0.2, 0) is 0 Å². The lowest BCUT2D eigenvalue weighted by Gasteiger charge is -2.05. The van der Waals surface area contributed by atoms with Crippen LogP contribution in [0.2, 0.25) is 0 Å². The Morgan fingerprint density at radius 2 is 1.92 bits per heavy atom. The summed E-state index contributed by atoms with van der Waals surface area (Å²) in [6, 6.07) is 9.59. The lowest BCUT2D eigenvalue weighted by atomic mass is 10.0. The third-order valence-corrected chi connectivity index (χ3v) is 3.53. The summed E-state index contributed by atoms with van der Waals surface area (Å²) in [4.78, 5) is 11.8. The molecule has 1 N–H and O–H groups in total. The first-order valence-corrected chi connectivity index (χ1v) is 7.65. The van der Waals surface area contributed by atoms with E-state index in [-0.39, 0.29) is 17.2 Å². The van der Waals surface area contributed by atoms with Crippen LogP contribution in [0.5, 0.6) is 0 Å². The fraction of sp³-hybridized carbons (Fsp3) is 0.111. The molecule has 2 heterocycles. The molecule has 132 valence electrons. The van der Waals surface area contributed by atoms with Gasteiger partial charge in [0.2, 0.25) is 5.95 Å². The number of hydrogen-bond donors (Lipinski definition) is 1. The molecule has 0 saturated heterocycles. The SMILES string of the molecule is Cc1nc(N/N=C\c2cc(-c3cccc(C(F)F)c3)ccn2)ncc1F. The molecule has 3 rings (SSSR count). The van der Waals surface area contributed by atoms with E-state index in [4.69, 9.17) is 0 Å². The van der Waals surface area contributed by atoms with Crippen molar-refractivity contribution in [1.29, 1.82) is 0 Å². The van der Waals surface area contributed by atoms with Crippen molar-refractivity contribution in [1.82, 2.24) is 15.0 Å². The zero-order valence-corrected chi connectivity index (χ0v) is 13.7. The molecule has 8 heteroatoms. The highest BCUT2D eigenvalue weighted by Gasteiger charge is 2.08. The van der Waals surface area contributed by atoms with Crippen molar-refractivity contribution in [3.8, 4) is 11.1 Å². The average molecular weight is 357 g/mol. The van der Waals surface area contributed by atoms with Crippen LogP contribution in [0.1, 0.15) is 23.4 Å². The molecule has 0 aliphatic heterocycles. The van der Waals surface area contributed by atoms with E-state index in [1.54, 1.807) is 30.5 Å². The predicted octanol–water partition coefficient (Wildman–Crippen LogP) is 4.37. The van der Waals surface area contributed by atoms with Crippen molar-refractivity contribution in [2.75, 3.05) is 5.43 Å². The number of halogens is 3. The van der Waals surface area contributed by atoms with Gasteiger partial charge in [-0.3, -0.25) is 4.98 Å². The molecule has 1 aromatic carbocycles. The molecule has 5 nitrogen and oxygen atoms in total. The molecule has 26 heavy (non-hydrogen) atoms. The molecule has 0 amide bonds. The second-order valence-corrected chi connectivity index (χ2v) is 5.39. The van der Waals surface area contributed by atoms with Crippen LogP contribution in [0.25, 0.3) is 11.1 Å². The summed E-state index contributed by atoms with van der Waals surface area (Å²) < 4.78 is 38.8. The summed E-state index contributed by atoms with van der Waals surface area (Å²) in [5.41, 5.74) is 4.65. The Morgan fingerprint density at radius 3 is 2.69 bits per heavy atom. The minimum atomic E-state index is -2.53. The molecule has 0 radical (unpaired) electrons. The molecule has 0 bridgehead atoms. The Bertz CT molecular complexity index is 944. The second kappa shape index (κ2) is 7.73. The lowest BCUT2D eigenvalue weighted by Crippen LogP contribution is -2.00. The van der Waals surface area contributed by atoms with Gasteiger partial charge in [-0.05, 0) is 36.2 Å². The summed E-state index contributed by atoms with van der Waals surface area (Å²) >= 11 is 0. The van der Waals surface area contributed by atoms with Gasteiger partial charge in [0.25, 0.3) is 6.43 Å². The zero-order valence-electron chi connectivity index (χ0n) is 13.7. The third-order valence-electron chi connectivity index (χ3n) is 3.53. The second-order valence-electron chi connectivity index (χ2n) is 5.39. The van der Waals surface area contributed by atoms with E-state index in [1.165, 1.54) is 25.3 Å². The van der Waals surface area contributed by atoms with E-state index < -0.39 is 12.2 Å². The normalized spacial score (nSPS) is 11.3. The van der Waals surface area contributed by atoms with E-state index in [2.05, 4.69) is 25.5 Å². The van der Waals surface area contributed by atoms with Crippen molar-refractivity contribution in [3.63, 3.8) is 0 Å². The highest BCUT2D eigenvalue weighted by molar-refractivity contribution is 5.80. The molecular formula is C18H14F3N5. The van der Waals surface area contributed by atoms with E-state index in [9.17, 15) is 13.2 Å². The van der Waals surface area contributed by atoms with Gasteiger partial charge in [0.15, 0.2) is 5.82 Å². The molecule has 2 aromatic heterocycles. The average Bonchev–Trinajstić information content (AvgIpc) is 2.65. The topological polar surface area (TPSA) is 63.1 Å². The maximum Gasteiger partial charge on any atom is 0.263 e. The van der Waals surface area contributed by atoms with E-state index >= 15 is 0 Å². The molecule has 0 aliphatic rings. The molecule has 0 saturated carbocycles. The fourth-order valence-corrected chi connectivity index (χ4v) is 2.21. The first kappa shape index (κ1) is 17.5. The fourth-order valence-electron chi connectivity index (χ4n) is 2.21. The van der Waals surface area contributed by atoms with Gasteiger partial charge >= 0.3 is 0 Å². The van der Waals surface area contributed by atoms with E-state index in [0.29, 0.717) is 11.3 Å². The van der Waals surface area contributed by atoms with Gasteiger partial charge < -0.3 is 0 Å². The summed E-state index contributed by atoms with van der Waals surface area (Å²) in [5, 5.41) is 3.96. The number of alkyl halides is 2. The lowest BCUT2D eigenvalue weighted by molar-refractivity contribution is 0.151. The van der Waals surface area contributed by atoms with Crippen molar-refractivity contribution in [2.45, 2.75) is 13.3 Å². The predicted molar refractivity (Wildman–Crippen MR) is 92.6 cm³/mol. The van der Waals surface area contributed by atoms with Gasteiger partial charge in [0.1, 0.15) is 0 Å². The quantitative estimate of drug-likeness (QED) is 0.544. The number of aryl methyl sites for hydroxylation is 1. The van der Waals surface area contributed by atoms with E-state index in [0.717, 1.165) is 11.8 Å². The Morgan fingerprint density at radius 1 is 1.12 bits per heavy atom. The van der Waals surface area contributed by atoms with Crippen LogP contribution in [0, 0.1) is 12.7 Å². The number of hydrogen-bond acceptors (Lipinski definition) is 5. The highest BCUT2D eigenvalue weighted by Crippen LogP contribution is 2.25. The van der Waals surface area contributed by atoms with Gasteiger partial charge in [-0.15, -0.1) is 0 Å². The summed E-state index contributed by atoms with van der Waals surface area (Å²) in [7, 11) is 0. The maximum atomic E-state index is 13.1. The molecule has 0 spiro atoms. The minimum Gasteiger partial charge on any atom is -0.255 e. The number of nitrogens with zero attached hydrogens (tertiary/aromatic N) is 4. The van der Waals surface area contributed by atoms with Gasteiger partial charge in [-0.2, -0.15) is 5.10 Å². The van der Waals surface area contributed by atoms with Crippen LogP contribution in [-0.4, -0.2) is 21.2 Å². The smallest absolute Gasteiger partial charge is 0.255 e. The molecule has 0 aliphatic carbocycles. The standard InChI is InChI=1S/C18H14F3N5/c1-11-16(19)10-23-18(25-11)26-24-9-15-8-13(5-6-22-15)12-3-2-4-14(7-12)17(20)21/h2-10,17H,1H3,(H,23,25,26)/b24-9-. The first-order chi connectivity index (χ1) is 12.5. The largest absolute Gasteiger partial charge is 0.263 e. The van der Waals surface area contributed by atoms with Crippen LogP contribution >= 0.6 is 0 Å². The number of aromatic nitrogens is 3. The van der Waals surface area contributed by atoms with Gasteiger partial charge in [-0.25, -0.2) is 28.6 Å². The van der Waals surface area contributed by atoms with Gasteiger partial charge in [0.05, 0.1) is 23.8 Å². The Kier molecular flexibility index (Phi) is 5.21. The van der Waals surface area contributed by atoms with Crippen LogP contribution < -0.4 is 5.43 Å². The van der Waals surface area contributed by atoms with Crippen LogP contribution in [0.3, 0.4) is 0 Å². The van der Waals surface area contributed by atoms with Crippen molar-refractivity contribution >= 4 is 12.2 Å². The number of benzene rings is 1. The summed E-state index contributed by atoms with van der Waals surface area (Å²) in [6.07, 6.45) is 1.52. The van der Waals surface area contributed by atoms with Crippen LogP contribution in [0.4, 0.5) is 19.1 Å². The third kappa shape index (κ3) is 4.21. The van der Waals surface area contributed by atoms with Crippen molar-refractivity contribution in [3.05, 3.63) is 71.6 Å². The number of rotatable bonds is 5. The van der Waals surface area contributed by atoms with E-state index in [1.807, 2.05) is 0 Å². The van der Waals surface area contributed by atoms with Crippen LogP contribution in [0.15, 0.2) is 53.9 Å². The van der Waals surface area contributed by atoms with Crippen molar-refractivity contribution in [2.24, 2.45) is 5.10 Å². The number of pyridine rings is 1. The monoisotopic (exact) mass is 357 g/mol. The summed E-state index contributed by atoms with van der Waals surface area (Å²) in [6.45, 7) is 1.52. The Labute approximate surface area is 147 Å². The maximum absolute atomic E-state index is 13.1. The molecule has 3 aromatic rings. The zero-order chi connectivity index (χ0) is 18.5. The van der Waals surface area contributed by atoms with Gasteiger partial charge in [-0.1, -0.05) is 18.2 Å². The van der Waals surface area contributed by atoms with Crippen molar-refractivity contribution < 1.29 is 13.2 Å². The summed E-state index contributed by atoms with van der Waals surface area (Å²) in [5.74, 6) is -0.346. The Balaban J connectivity index is 1.76. The number of hydrazone groups is 1. The minimum absolute atomic E-state index is 0.0416. The molecule has 0 atom stereocenters. The number of nitrogens with one attached hydrogen (secondary N) is 1.